The summed E-state index contributed by atoms with van der Waals surface area (Å²) in [5, 5.41) is 2.21. The van der Waals surface area contributed by atoms with Gasteiger partial charge in [-0.3, -0.25) is 0 Å². The summed E-state index contributed by atoms with van der Waals surface area (Å²) in [4.78, 5) is 2.47. The summed E-state index contributed by atoms with van der Waals surface area (Å²) in [7, 11) is 0. The summed E-state index contributed by atoms with van der Waals surface area (Å²) in [5.41, 5.74) is 21.1. The maximum absolute atomic E-state index is 6.75. The van der Waals surface area contributed by atoms with Crippen LogP contribution in [0.15, 0.2) is 277 Å². The smallest absolute Gasteiger partial charge is 0.143 e. The average Bonchev–Trinajstić information content (AvgIpc) is 3.97. The lowest BCUT2D eigenvalue weighted by molar-refractivity contribution is 0.670. The van der Waals surface area contributed by atoms with Gasteiger partial charge in [0.05, 0.1) is 16.8 Å². The summed E-state index contributed by atoms with van der Waals surface area (Å²) in [5.74, 6) is 0. The summed E-state index contributed by atoms with van der Waals surface area (Å²) in [6.07, 6.45) is 0. The fraction of sp³-hybridized carbons (Fsp3) is 0.0149. The average molecular weight is 880 g/mol. The van der Waals surface area contributed by atoms with Crippen molar-refractivity contribution in [2.45, 2.75) is 5.41 Å². The molecule has 0 N–H and O–H groups in total. The fourth-order valence-electron chi connectivity index (χ4n) is 11.2. The van der Waals surface area contributed by atoms with Crippen molar-refractivity contribution in [1.29, 1.82) is 0 Å². The van der Waals surface area contributed by atoms with Crippen molar-refractivity contribution in [3.05, 3.63) is 295 Å². The molecule has 1 aliphatic rings. The lowest BCUT2D eigenvalue weighted by Crippen LogP contribution is -2.28. The van der Waals surface area contributed by atoms with E-state index in [0.29, 0.717) is 0 Å². The van der Waals surface area contributed by atoms with Crippen LogP contribution in [0.2, 0.25) is 0 Å². The Kier molecular flexibility index (Phi) is 9.77. The molecule has 11 aromatic carbocycles. The molecule has 2 nitrogen and oxygen atoms in total. The normalized spacial score (nSPS) is 12.5. The van der Waals surface area contributed by atoms with Crippen LogP contribution in [-0.4, -0.2) is 0 Å². The molecular formula is C67H45NO. The molecule has 0 saturated heterocycles. The van der Waals surface area contributed by atoms with E-state index in [1.54, 1.807) is 0 Å². The molecule has 13 rings (SSSR count). The molecular weight excluding hydrogens is 835 g/mol. The van der Waals surface area contributed by atoms with Gasteiger partial charge in [-0.1, -0.05) is 243 Å². The molecule has 0 spiro atoms. The Morgan fingerprint density at radius 3 is 1.48 bits per heavy atom. The fourth-order valence-corrected chi connectivity index (χ4v) is 11.2. The Balaban J connectivity index is 1.05. The number of nitrogens with zero attached hydrogens (tertiary/aromatic N) is 1. The molecule has 0 unspecified atom stereocenters. The van der Waals surface area contributed by atoms with Crippen molar-refractivity contribution < 1.29 is 4.42 Å². The molecule has 0 aliphatic heterocycles. The maximum atomic E-state index is 6.75. The highest BCUT2D eigenvalue weighted by atomic mass is 16.3. The molecule has 324 valence electrons. The van der Waals surface area contributed by atoms with E-state index in [9.17, 15) is 0 Å². The second-order valence-electron chi connectivity index (χ2n) is 17.9. The molecule has 0 bridgehead atoms. The number of hydrogen-bond acceptors (Lipinski definition) is 2. The van der Waals surface area contributed by atoms with E-state index in [1.165, 1.54) is 50.1 Å². The van der Waals surface area contributed by atoms with Gasteiger partial charge in [-0.2, -0.15) is 0 Å². The largest absolute Gasteiger partial charge is 0.455 e. The number of anilines is 3. The van der Waals surface area contributed by atoms with Crippen molar-refractivity contribution in [3.8, 4) is 55.6 Å². The Morgan fingerprint density at radius 2 is 0.768 bits per heavy atom. The zero-order valence-electron chi connectivity index (χ0n) is 37.8. The summed E-state index contributed by atoms with van der Waals surface area (Å²) in [6, 6.07) is 99.2. The van der Waals surface area contributed by atoms with Crippen LogP contribution in [-0.2, 0) is 5.41 Å². The SMILES string of the molecule is c1ccc(-c2ccc(-c3cccc(N(c4ccccc4-c4cccc5c4-c4ccccc4C5(c4ccccc4)c4ccccc4)c4ccccc4-c4cccc5c4oc4ccccc45)c3)cc2)cc1. The van der Waals surface area contributed by atoms with Crippen LogP contribution < -0.4 is 4.90 Å². The number of para-hydroxylation sites is 4. The van der Waals surface area contributed by atoms with E-state index in [1.807, 2.05) is 6.07 Å². The highest BCUT2D eigenvalue weighted by molar-refractivity contribution is 6.11. The van der Waals surface area contributed by atoms with E-state index in [-0.39, 0.29) is 0 Å². The molecule has 12 aromatic rings. The van der Waals surface area contributed by atoms with Gasteiger partial charge in [-0.15, -0.1) is 0 Å². The number of furan rings is 1. The number of hydrogen-bond donors (Lipinski definition) is 0. The second-order valence-corrected chi connectivity index (χ2v) is 17.9. The molecule has 1 aliphatic carbocycles. The Labute approximate surface area is 402 Å². The minimum Gasteiger partial charge on any atom is -0.455 e. The van der Waals surface area contributed by atoms with E-state index < -0.39 is 5.41 Å². The molecule has 0 saturated carbocycles. The van der Waals surface area contributed by atoms with Crippen LogP contribution in [0.4, 0.5) is 17.1 Å². The van der Waals surface area contributed by atoms with Crippen molar-refractivity contribution in [3.63, 3.8) is 0 Å². The van der Waals surface area contributed by atoms with Gasteiger partial charge in [0, 0.05) is 33.2 Å². The molecule has 0 amide bonds. The predicted molar refractivity (Wildman–Crippen MR) is 287 cm³/mol. The quantitative estimate of drug-likeness (QED) is 0.144. The lowest BCUT2D eigenvalue weighted by atomic mass is 9.67. The molecule has 0 radical (unpaired) electrons. The van der Waals surface area contributed by atoms with E-state index in [4.69, 9.17) is 4.42 Å². The van der Waals surface area contributed by atoms with E-state index in [0.717, 1.165) is 66.8 Å². The van der Waals surface area contributed by atoms with Crippen LogP contribution in [0.1, 0.15) is 22.3 Å². The molecule has 69 heavy (non-hydrogen) atoms. The monoisotopic (exact) mass is 879 g/mol. The van der Waals surface area contributed by atoms with Gasteiger partial charge in [0.25, 0.3) is 0 Å². The third-order valence-electron chi connectivity index (χ3n) is 14.2. The first kappa shape index (κ1) is 40.3. The summed E-state index contributed by atoms with van der Waals surface area (Å²) in [6.45, 7) is 0. The van der Waals surface area contributed by atoms with Gasteiger partial charge < -0.3 is 9.32 Å². The standard InChI is InChI=1S/C67H45NO/c1-4-21-46(22-5-1)47-41-43-48(44-42-47)49-23-18-28-52(45-49)68(63-39-16-12-30-54(63)57-34-19-35-58-55-31-13-17-40-64(55)69-66(57)58)62-38-15-11-29-53(62)56-33-20-37-61-65(56)59-32-10-14-36-60(59)67(61,50-24-6-2-7-25-50)51-26-8-3-9-27-51/h1-45H. The molecule has 2 heteroatoms. The number of rotatable bonds is 9. The van der Waals surface area contributed by atoms with E-state index >= 15 is 0 Å². The van der Waals surface area contributed by atoms with Gasteiger partial charge in [-0.05, 0) is 91.5 Å². The van der Waals surface area contributed by atoms with Crippen molar-refractivity contribution in [2.24, 2.45) is 0 Å². The highest BCUT2D eigenvalue weighted by Gasteiger charge is 2.47. The zero-order chi connectivity index (χ0) is 45.7. The van der Waals surface area contributed by atoms with Crippen molar-refractivity contribution in [1.82, 2.24) is 0 Å². The first-order valence-corrected chi connectivity index (χ1v) is 23.8. The lowest BCUT2D eigenvalue weighted by Gasteiger charge is -2.34. The maximum Gasteiger partial charge on any atom is 0.143 e. The van der Waals surface area contributed by atoms with Crippen LogP contribution in [0.5, 0.6) is 0 Å². The van der Waals surface area contributed by atoms with Crippen LogP contribution in [0, 0.1) is 0 Å². The Bertz CT molecular complexity index is 3790. The van der Waals surface area contributed by atoms with Gasteiger partial charge in [0.1, 0.15) is 11.2 Å². The summed E-state index contributed by atoms with van der Waals surface area (Å²) < 4.78 is 6.75. The Morgan fingerprint density at radius 1 is 0.304 bits per heavy atom. The Hall–Kier alpha value is -8.98. The van der Waals surface area contributed by atoms with Gasteiger partial charge in [0.2, 0.25) is 0 Å². The molecule has 1 heterocycles. The number of fused-ring (bicyclic) bond motifs is 6. The second kappa shape index (κ2) is 16.7. The topological polar surface area (TPSA) is 16.4 Å². The number of benzene rings is 11. The first-order valence-electron chi connectivity index (χ1n) is 23.8. The van der Waals surface area contributed by atoms with Gasteiger partial charge in [-0.25, -0.2) is 0 Å². The summed E-state index contributed by atoms with van der Waals surface area (Å²) >= 11 is 0. The minimum absolute atomic E-state index is 0.526. The predicted octanol–water partition coefficient (Wildman–Crippen LogP) is 18.1. The third-order valence-corrected chi connectivity index (χ3v) is 14.2. The highest BCUT2D eigenvalue weighted by Crippen LogP contribution is 2.59. The molecule has 0 atom stereocenters. The van der Waals surface area contributed by atoms with Crippen LogP contribution in [0.3, 0.4) is 0 Å². The van der Waals surface area contributed by atoms with Crippen molar-refractivity contribution in [2.75, 3.05) is 4.90 Å². The van der Waals surface area contributed by atoms with Crippen LogP contribution in [0.25, 0.3) is 77.6 Å². The molecule has 0 fully saturated rings. The zero-order valence-corrected chi connectivity index (χ0v) is 37.8. The van der Waals surface area contributed by atoms with Crippen molar-refractivity contribution >= 4 is 39.0 Å². The minimum atomic E-state index is -0.526. The third kappa shape index (κ3) is 6.56. The van der Waals surface area contributed by atoms with Crippen LogP contribution >= 0.6 is 0 Å². The van der Waals surface area contributed by atoms with Gasteiger partial charge >= 0.3 is 0 Å². The van der Waals surface area contributed by atoms with Gasteiger partial charge in [0.15, 0.2) is 0 Å². The van der Waals surface area contributed by atoms with E-state index in [2.05, 4.69) is 272 Å². The first-order chi connectivity index (χ1) is 34.3. The molecule has 1 aromatic heterocycles.